The van der Waals surface area contributed by atoms with E-state index in [1.165, 1.54) is 38.2 Å². The first kappa shape index (κ1) is 18.9. The number of rotatable bonds is 5. The number of aromatic nitrogens is 2. The van der Waals surface area contributed by atoms with Crippen molar-refractivity contribution in [1.82, 2.24) is 19.9 Å². The minimum absolute atomic E-state index is 0.218. The second-order valence-corrected chi connectivity index (χ2v) is 10.1. The van der Waals surface area contributed by atoms with E-state index in [4.69, 9.17) is 4.52 Å². The molecule has 1 aliphatic heterocycles. The van der Waals surface area contributed by atoms with Crippen LogP contribution in [0, 0.1) is 29.5 Å². The van der Waals surface area contributed by atoms with E-state index >= 15 is 0 Å². The average molecular weight is 411 g/mol. The number of benzene rings is 1. The third kappa shape index (κ3) is 3.58. The summed E-state index contributed by atoms with van der Waals surface area (Å²) >= 11 is 0. The molecule has 7 rings (SSSR count). The van der Waals surface area contributed by atoms with Crippen molar-refractivity contribution in [2.24, 2.45) is 23.7 Å². The first-order chi connectivity index (χ1) is 14.7. The van der Waals surface area contributed by atoms with Gasteiger partial charge in [0.15, 0.2) is 5.82 Å². The normalized spacial score (nSPS) is 34.0. The van der Waals surface area contributed by atoms with Gasteiger partial charge in [0.2, 0.25) is 5.89 Å². The highest BCUT2D eigenvalue weighted by Crippen LogP contribution is 2.55. The molecule has 2 heterocycles. The molecule has 1 aromatic carbocycles. The van der Waals surface area contributed by atoms with E-state index in [0.717, 1.165) is 55.9 Å². The molecule has 30 heavy (non-hydrogen) atoms. The Kier molecular flexibility index (Phi) is 4.87. The maximum Gasteiger partial charge on any atom is 0.240 e. The summed E-state index contributed by atoms with van der Waals surface area (Å²) in [6.45, 7) is 5.13. The van der Waals surface area contributed by atoms with Crippen LogP contribution in [0.5, 0.6) is 0 Å². The molecule has 0 amide bonds. The lowest BCUT2D eigenvalue weighted by Gasteiger charge is -2.58. The summed E-state index contributed by atoms with van der Waals surface area (Å²) in [4.78, 5) is 9.74. The Bertz CT molecular complexity index is 863. The average Bonchev–Trinajstić information content (AvgIpc) is 3.17. The van der Waals surface area contributed by atoms with E-state index in [9.17, 15) is 4.39 Å². The van der Waals surface area contributed by atoms with Gasteiger partial charge in [0, 0.05) is 38.6 Å². The van der Waals surface area contributed by atoms with Crippen LogP contribution in [0.2, 0.25) is 0 Å². The van der Waals surface area contributed by atoms with Crippen LogP contribution in [0.1, 0.15) is 49.4 Å². The smallest absolute Gasteiger partial charge is 0.240 e. The Morgan fingerprint density at radius 1 is 0.933 bits per heavy atom. The quantitative estimate of drug-likeness (QED) is 0.751. The summed E-state index contributed by atoms with van der Waals surface area (Å²) in [5, 5.41) is 4.07. The molecule has 0 N–H and O–H groups in total. The molecule has 5 nitrogen and oxygen atoms in total. The van der Waals surface area contributed by atoms with Crippen LogP contribution in [0.3, 0.4) is 0 Å². The predicted molar refractivity (Wildman–Crippen MR) is 111 cm³/mol. The first-order valence-corrected chi connectivity index (χ1v) is 11.7. The number of nitrogens with zero attached hydrogens (tertiary/aromatic N) is 4. The second-order valence-electron chi connectivity index (χ2n) is 10.1. The Labute approximate surface area is 177 Å². The molecule has 5 fully saturated rings. The van der Waals surface area contributed by atoms with E-state index in [1.807, 2.05) is 6.07 Å². The highest BCUT2D eigenvalue weighted by atomic mass is 19.1. The number of hydrogen-bond donors (Lipinski definition) is 0. The SMILES string of the molecule is Fc1ccccc1Cc1noc(CN2CCN(C3C4CC5CC(C4)CC3C5)CC2)n1. The Hall–Kier alpha value is -1.79. The summed E-state index contributed by atoms with van der Waals surface area (Å²) in [6, 6.07) is 7.62. The molecule has 6 heteroatoms. The summed E-state index contributed by atoms with van der Waals surface area (Å²) < 4.78 is 19.3. The van der Waals surface area contributed by atoms with Crippen molar-refractivity contribution in [2.45, 2.75) is 51.1 Å². The lowest BCUT2D eigenvalue weighted by Crippen LogP contribution is -2.60. The van der Waals surface area contributed by atoms with Gasteiger partial charge in [0.1, 0.15) is 5.82 Å². The fraction of sp³-hybridized carbons (Fsp3) is 0.667. The Balaban J connectivity index is 1.03. The van der Waals surface area contributed by atoms with Gasteiger partial charge in [-0.2, -0.15) is 4.98 Å². The zero-order valence-electron chi connectivity index (χ0n) is 17.5. The van der Waals surface area contributed by atoms with Crippen molar-refractivity contribution in [1.29, 1.82) is 0 Å². The van der Waals surface area contributed by atoms with Gasteiger partial charge in [-0.1, -0.05) is 23.4 Å². The van der Waals surface area contributed by atoms with Gasteiger partial charge in [-0.25, -0.2) is 4.39 Å². The second kappa shape index (κ2) is 7.72. The summed E-state index contributed by atoms with van der Waals surface area (Å²) in [6.07, 6.45) is 7.86. The monoisotopic (exact) mass is 410 g/mol. The van der Waals surface area contributed by atoms with Gasteiger partial charge in [0.25, 0.3) is 0 Å². The van der Waals surface area contributed by atoms with Gasteiger partial charge >= 0.3 is 0 Å². The van der Waals surface area contributed by atoms with Crippen molar-refractivity contribution in [2.75, 3.05) is 26.2 Å². The predicted octanol–water partition coefficient (Wildman–Crippen LogP) is 3.74. The number of piperazine rings is 1. The third-order valence-corrected chi connectivity index (χ3v) is 8.18. The summed E-state index contributed by atoms with van der Waals surface area (Å²) in [7, 11) is 0. The fourth-order valence-corrected chi connectivity index (χ4v) is 7.14. The zero-order chi connectivity index (χ0) is 20.1. The Morgan fingerprint density at radius 3 is 2.33 bits per heavy atom. The van der Waals surface area contributed by atoms with Crippen LogP contribution in [0.15, 0.2) is 28.8 Å². The molecule has 160 valence electrons. The molecule has 0 atom stereocenters. The maximum absolute atomic E-state index is 13.9. The van der Waals surface area contributed by atoms with Crippen molar-refractivity contribution in [3.8, 4) is 0 Å². The molecule has 5 aliphatic rings. The summed E-state index contributed by atoms with van der Waals surface area (Å²) in [5.41, 5.74) is 0.606. The Morgan fingerprint density at radius 2 is 1.63 bits per heavy atom. The zero-order valence-corrected chi connectivity index (χ0v) is 17.5. The van der Waals surface area contributed by atoms with Crippen molar-refractivity contribution in [3.05, 3.63) is 47.4 Å². The molecular formula is C24H31FN4O. The minimum Gasteiger partial charge on any atom is -0.338 e. The molecule has 1 aromatic heterocycles. The number of hydrogen-bond acceptors (Lipinski definition) is 5. The lowest BCUT2D eigenvalue weighted by atomic mass is 9.54. The van der Waals surface area contributed by atoms with Crippen LogP contribution in [0.4, 0.5) is 4.39 Å². The van der Waals surface area contributed by atoms with Crippen LogP contribution in [0.25, 0.3) is 0 Å². The lowest BCUT2D eigenvalue weighted by molar-refractivity contribution is -0.0773. The topological polar surface area (TPSA) is 45.4 Å². The summed E-state index contributed by atoms with van der Waals surface area (Å²) in [5.74, 6) is 4.99. The van der Waals surface area contributed by atoms with Gasteiger partial charge < -0.3 is 4.52 Å². The molecule has 1 saturated heterocycles. The molecule has 0 radical (unpaired) electrons. The van der Waals surface area contributed by atoms with Crippen molar-refractivity contribution >= 4 is 0 Å². The van der Waals surface area contributed by atoms with Gasteiger partial charge in [-0.05, 0) is 67.4 Å². The van der Waals surface area contributed by atoms with Crippen LogP contribution >= 0.6 is 0 Å². The van der Waals surface area contributed by atoms with Crippen LogP contribution in [-0.2, 0) is 13.0 Å². The van der Waals surface area contributed by atoms with Gasteiger partial charge in [-0.3, -0.25) is 9.80 Å². The third-order valence-electron chi connectivity index (χ3n) is 8.18. The van der Waals surface area contributed by atoms with Crippen LogP contribution in [-0.4, -0.2) is 52.2 Å². The molecule has 2 aromatic rings. The molecule has 0 unspecified atom stereocenters. The van der Waals surface area contributed by atoms with Crippen LogP contribution < -0.4 is 0 Å². The molecule has 4 saturated carbocycles. The maximum atomic E-state index is 13.9. The van der Waals surface area contributed by atoms with Gasteiger partial charge in [-0.15, -0.1) is 0 Å². The van der Waals surface area contributed by atoms with E-state index in [2.05, 4.69) is 19.9 Å². The highest BCUT2D eigenvalue weighted by molar-refractivity contribution is 5.20. The molecule has 4 bridgehead atoms. The molecule has 0 spiro atoms. The fourth-order valence-electron chi connectivity index (χ4n) is 7.14. The number of halogens is 1. The standard InChI is InChI=1S/C24H31FN4O/c25-21-4-2-1-3-18(21)14-22-26-23(30-27-22)15-28-5-7-29(8-6-28)24-19-10-16-9-17(12-19)13-20(24)11-16/h1-4,16-17,19-20,24H,5-15H2. The van der Waals surface area contributed by atoms with E-state index in [1.54, 1.807) is 12.1 Å². The van der Waals surface area contributed by atoms with Crippen molar-refractivity contribution < 1.29 is 8.91 Å². The van der Waals surface area contributed by atoms with Crippen molar-refractivity contribution in [3.63, 3.8) is 0 Å². The van der Waals surface area contributed by atoms with Gasteiger partial charge in [0.05, 0.1) is 6.54 Å². The van der Waals surface area contributed by atoms with E-state index < -0.39 is 0 Å². The largest absolute Gasteiger partial charge is 0.338 e. The molecule has 4 aliphatic carbocycles. The van der Waals surface area contributed by atoms with E-state index in [-0.39, 0.29) is 5.82 Å². The highest BCUT2D eigenvalue weighted by Gasteiger charge is 2.50. The minimum atomic E-state index is -0.218. The molecular weight excluding hydrogens is 379 g/mol. The van der Waals surface area contributed by atoms with E-state index in [0.29, 0.717) is 30.2 Å². The first-order valence-electron chi connectivity index (χ1n) is 11.7.